The summed E-state index contributed by atoms with van der Waals surface area (Å²) in [6.07, 6.45) is 1.94. The van der Waals surface area contributed by atoms with E-state index in [9.17, 15) is 19.5 Å². The maximum absolute atomic E-state index is 12.8. The number of anilines is 2. The Morgan fingerprint density at radius 1 is 0.788 bits per heavy atom. The van der Waals surface area contributed by atoms with E-state index in [1.165, 1.54) is 0 Å². The molecule has 1 fully saturated rings. The van der Waals surface area contributed by atoms with Gasteiger partial charge in [0.25, 0.3) is 0 Å². The Kier molecular flexibility index (Phi) is 6.75. The van der Waals surface area contributed by atoms with Crippen molar-refractivity contribution in [3.05, 3.63) is 83.4 Å². The standard InChI is InChI=1S/C26H23ClN2O4/c27-22-6-1-2-7-23(22)29-26(33)28-19-14-12-17(13-15-19)16-8-10-18(11-9-16)24(30)20-4-3-5-21(20)25(31)32/h1-2,6-15,20-21H,3-5H2,(H,31,32)(H2,28,29,33)/t20-,21-/m1/s1. The number of hydrogen-bond donors (Lipinski definition) is 3. The molecule has 0 saturated heterocycles. The summed E-state index contributed by atoms with van der Waals surface area (Å²) in [7, 11) is 0. The van der Waals surface area contributed by atoms with E-state index in [0.717, 1.165) is 17.5 Å². The molecule has 0 aliphatic heterocycles. The maximum Gasteiger partial charge on any atom is 0.323 e. The van der Waals surface area contributed by atoms with E-state index in [-0.39, 0.29) is 5.78 Å². The van der Waals surface area contributed by atoms with Crippen molar-refractivity contribution in [1.82, 2.24) is 0 Å². The largest absolute Gasteiger partial charge is 0.481 e. The van der Waals surface area contributed by atoms with Crippen molar-refractivity contribution >= 4 is 40.8 Å². The normalized spacial score (nSPS) is 17.4. The van der Waals surface area contributed by atoms with Crippen LogP contribution >= 0.6 is 11.6 Å². The second-order valence-corrected chi connectivity index (χ2v) is 8.47. The van der Waals surface area contributed by atoms with Crippen molar-refractivity contribution < 1.29 is 19.5 Å². The van der Waals surface area contributed by atoms with Gasteiger partial charge in [-0.05, 0) is 48.2 Å². The topological polar surface area (TPSA) is 95.5 Å². The van der Waals surface area contributed by atoms with Crippen LogP contribution < -0.4 is 10.6 Å². The van der Waals surface area contributed by atoms with Crippen LogP contribution in [0.25, 0.3) is 11.1 Å². The van der Waals surface area contributed by atoms with Crippen LogP contribution in [0.5, 0.6) is 0 Å². The van der Waals surface area contributed by atoms with Gasteiger partial charge in [0.2, 0.25) is 0 Å². The van der Waals surface area contributed by atoms with Gasteiger partial charge in [0.15, 0.2) is 5.78 Å². The summed E-state index contributed by atoms with van der Waals surface area (Å²) >= 11 is 6.06. The van der Waals surface area contributed by atoms with E-state index in [4.69, 9.17) is 11.6 Å². The number of rotatable bonds is 6. The highest BCUT2D eigenvalue weighted by Crippen LogP contribution is 2.35. The highest BCUT2D eigenvalue weighted by atomic mass is 35.5. The Morgan fingerprint density at radius 2 is 1.39 bits per heavy atom. The summed E-state index contributed by atoms with van der Waals surface area (Å²) < 4.78 is 0. The molecule has 1 aliphatic carbocycles. The maximum atomic E-state index is 12.8. The molecule has 168 valence electrons. The zero-order chi connectivity index (χ0) is 23.4. The first-order chi connectivity index (χ1) is 15.9. The molecule has 0 unspecified atom stereocenters. The molecule has 2 atom stereocenters. The first-order valence-corrected chi connectivity index (χ1v) is 11.1. The molecule has 0 spiro atoms. The van der Waals surface area contributed by atoms with Gasteiger partial charge in [0.1, 0.15) is 0 Å². The van der Waals surface area contributed by atoms with E-state index in [0.29, 0.717) is 34.8 Å². The van der Waals surface area contributed by atoms with Crippen LogP contribution in [0.3, 0.4) is 0 Å². The van der Waals surface area contributed by atoms with Crippen molar-refractivity contribution in [2.75, 3.05) is 10.6 Å². The van der Waals surface area contributed by atoms with Crippen LogP contribution in [0, 0.1) is 11.8 Å². The average molecular weight is 463 g/mol. The summed E-state index contributed by atoms with van der Waals surface area (Å²) in [5, 5.41) is 15.3. The predicted octanol–water partition coefficient (Wildman–Crippen LogP) is 6.33. The van der Waals surface area contributed by atoms with Gasteiger partial charge in [-0.1, -0.05) is 66.6 Å². The Morgan fingerprint density at radius 3 is 2.03 bits per heavy atom. The molecule has 7 heteroatoms. The number of benzene rings is 3. The molecular formula is C26H23ClN2O4. The lowest BCUT2D eigenvalue weighted by atomic mass is 9.88. The third-order valence-corrected chi connectivity index (χ3v) is 6.27. The minimum atomic E-state index is -0.892. The number of para-hydroxylation sites is 1. The van der Waals surface area contributed by atoms with Gasteiger partial charge in [0.05, 0.1) is 16.6 Å². The highest BCUT2D eigenvalue weighted by Gasteiger charge is 2.37. The molecule has 0 heterocycles. The van der Waals surface area contributed by atoms with Crippen LogP contribution in [0.15, 0.2) is 72.8 Å². The number of ketones is 1. The smallest absolute Gasteiger partial charge is 0.323 e. The third-order valence-electron chi connectivity index (χ3n) is 5.94. The van der Waals surface area contributed by atoms with Crippen molar-refractivity contribution in [2.24, 2.45) is 11.8 Å². The molecular weight excluding hydrogens is 440 g/mol. The number of carbonyl (C=O) groups is 3. The molecule has 2 amide bonds. The van der Waals surface area contributed by atoms with Crippen LogP contribution in [0.2, 0.25) is 5.02 Å². The van der Waals surface area contributed by atoms with Gasteiger partial charge in [-0.25, -0.2) is 4.79 Å². The Bertz CT molecular complexity index is 1180. The SMILES string of the molecule is O=C(Nc1ccc(-c2ccc(C(=O)[C@@H]3CCC[C@H]3C(=O)O)cc2)cc1)Nc1ccccc1Cl. The minimum Gasteiger partial charge on any atom is -0.481 e. The quantitative estimate of drug-likeness (QED) is 0.373. The van der Waals surface area contributed by atoms with Crippen LogP contribution in [0.4, 0.5) is 16.2 Å². The molecule has 1 saturated carbocycles. The third kappa shape index (κ3) is 5.23. The number of aliphatic carboxylic acids is 1. The van der Waals surface area contributed by atoms with Gasteiger partial charge in [-0.15, -0.1) is 0 Å². The van der Waals surface area contributed by atoms with Crippen molar-refractivity contribution in [2.45, 2.75) is 19.3 Å². The van der Waals surface area contributed by atoms with Crippen LogP contribution in [0.1, 0.15) is 29.6 Å². The molecule has 1 aliphatic rings. The first kappa shape index (κ1) is 22.6. The second kappa shape index (κ2) is 9.88. The average Bonchev–Trinajstić information content (AvgIpc) is 3.31. The molecule has 0 aromatic heterocycles. The van der Waals surface area contributed by atoms with E-state index >= 15 is 0 Å². The zero-order valence-corrected chi connectivity index (χ0v) is 18.5. The Balaban J connectivity index is 1.40. The Hall–Kier alpha value is -3.64. The van der Waals surface area contributed by atoms with Gasteiger partial charge in [-0.3, -0.25) is 9.59 Å². The monoisotopic (exact) mass is 462 g/mol. The molecule has 0 bridgehead atoms. The number of urea groups is 1. The molecule has 3 aromatic rings. The zero-order valence-electron chi connectivity index (χ0n) is 17.8. The lowest BCUT2D eigenvalue weighted by molar-refractivity contribution is -0.142. The molecule has 3 aromatic carbocycles. The number of halogens is 1. The summed E-state index contributed by atoms with van der Waals surface area (Å²) in [6.45, 7) is 0. The second-order valence-electron chi connectivity index (χ2n) is 8.06. The molecule has 0 radical (unpaired) electrons. The molecule has 33 heavy (non-hydrogen) atoms. The van der Waals surface area contributed by atoms with Crippen molar-refractivity contribution in [1.29, 1.82) is 0 Å². The van der Waals surface area contributed by atoms with Crippen molar-refractivity contribution in [3.63, 3.8) is 0 Å². The van der Waals surface area contributed by atoms with Crippen LogP contribution in [-0.2, 0) is 4.79 Å². The van der Waals surface area contributed by atoms with Gasteiger partial charge in [0, 0.05) is 17.2 Å². The summed E-state index contributed by atoms with van der Waals surface area (Å²) in [4.78, 5) is 36.4. The number of carboxylic acid groups (broad SMARTS) is 1. The fourth-order valence-corrected chi connectivity index (χ4v) is 4.39. The minimum absolute atomic E-state index is 0.101. The lowest BCUT2D eigenvalue weighted by Crippen LogP contribution is -2.25. The summed E-state index contributed by atoms with van der Waals surface area (Å²) in [5.41, 5.74) is 3.52. The van der Waals surface area contributed by atoms with E-state index in [2.05, 4.69) is 10.6 Å². The van der Waals surface area contributed by atoms with E-state index < -0.39 is 23.8 Å². The van der Waals surface area contributed by atoms with Gasteiger partial charge >= 0.3 is 12.0 Å². The van der Waals surface area contributed by atoms with Crippen molar-refractivity contribution in [3.8, 4) is 11.1 Å². The summed E-state index contributed by atoms with van der Waals surface area (Å²) in [6, 6.07) is 21.1. The Labute approximate surface area is 196 Å². The lowest BCUT2D eigenvalue weighted by Gasteiger charge is -2.14. The number of hydrogen-bond acceptors (Lipinski definition) is 3. The first-order valence-electron chi connectivity index (χ1n) is 10.7. The fourth-order valence-electron chi connectivity index (χ4n) is 4.20. The number of carboxylic acids is 1. The molecule has 6 nitrogen and oxygen atoms in total. The predicted molar refractivity (Wildman–Crippen MR) is 129 cm³/mol. The molecule has 4 rings (SSSR count). The molecule has 3 N–H and O–H groups in total. The number of Topliss-reactive ketones (excluding diaryl/α,β-unsaturated/α-hetero) is 1. The van der Waals surface area contributed by atoms with E-state index in [1.54, 1.807) is 48.5 Å². The van der Waals surface area contributed by atoms with Gasteiger partial charge < -0.3 is 15.7 Å². The summed E-state index contributed by atoms with van der Waals surface area (Å²) in [5.74, 6) is -2.03. The van der Waals surface area contributed by atoms with Crippen LogP contribution in [-0.4, -0.2) is 22.9 Å². The van der Waals surface area contributed by atoms with Gasteiger partial charge in [-0.2, -0.15) is 0 Å². The van der Waals surface area contributed by atoms with E-state index in [1.807, 2.05) is 24.3 Å². The number of carbonyl (C=O) groups excluding carboxylic acids is 2. The fraction of sp³-hybridized carbons (Fsp3) is 0.192. The number of amides is 2. The number of nitrogens with one attached hydrogen (secondary N) is 2. The highest BCUT2D eigenvalue weighted by molar-refractivity contribution is 6.33.